The topological polar surface area (TPSA) is 424 Å². The normalized spacial score (nSPS) is 49.6. The summed E-state index contributed by atoms with van der Waals surface area (Å²) in [4.78, 5) is 24.4. The Balaban J connectivity index is 1.40. The van der Waals surface area contributed by atoms with Gasteiger partial charge < -0.3 is 125 Å². The van der Waals surface area contributed by atoms with E-state index in [0.29, 0.717) is 0 Å². The summed E-state index contributed by atoms with van der Waals surface area (Å²) in [6, 6.07) is -3.25. The van der Waals surface area contributed by atoms with E-state index in [9.17, 15) is 81.1 Å². The molecular weight excluding hydrogens is 836 g/mol. The second kappa shape index (κ2) is 21.3. The third-order valence-electron chi connectivity index (χ3n) is 11.1. The van der Waals surface area contributed by atoms with Crippen LogP contribution in [-0.4, -0.2) is 263 Å². The fourth-order valence-electron chi connectivity index (χ4n) is 7.76. The number of nitrogens with one attached hydrogen (secondary N) is 2. The van der Waals surface area contributed by atoms with Gasteiger partial charge in [-0.05, 0) is 6.92 Å². The van der Waals surface area contributed by atoms with E-state index in [4.69, 9.17) is 42.6 Å². The van der Waals surface area contributed by atoms with Crippen LogP contribution in [-0.2, 0) is 52.2 Å². The lowest BCUT2D eigenvalue weighted by Gasteiger charge is -2.50. The molecule has 27 heteroatoms. The first-order chi connectivity index (χ1) is 28.8. The minimum Gasteiger partial charge on any atom is -0.394 e. The molecule has 0 aromatic heterocycles. The maximum absolute atomic E-state index is 12.5. The average molecular weight is 895 g/mol. The van der Waals surface area contributed by atoms with Crippen LogP contribution < -0.4 is 10.6 Å². The molecule has 0 saturated carbocycles. The van der Waals surface area contributed by atoms with Crippen LogP contribution in [0.4, 0.5) is 0 Å². The number of hydrogen-bond donors (Lipinski definition) is 16. The van der Waals surface area contributed by atoms with Crippen LogP contribution in [0, 0.1) is 0 Å². The zero-order chi connectivity index (χ0) is 45.2. The molecule has 0 aromatic rings. The third-order valence-corrected chi connectivity index (χ3v) is 11.1. The monoisotopic (exact) mass is 894 g/mol. The number of amides is 2. The Kier molecular flexibility index (Phi) is 17.5. The van der Waals surface area contributed by atoms with Crippen molar-refractivity contribution in [2.24, 2.45) is 0 Å². The minimum atomic E-state index is -2.10. The number of aliphatic hydroxyl groups is 14. The lowest BCUT2D eigenvalue weighted by atomic mass is 9.94. The number of hydrogen-bond acceptors (Lipinski definition) is 25. The summed E-state index contributed by atoms with van der Waals surface area (Å²) in [7, 11) is 0. The Labute approximate surface area is 346 Å². The van der Waals surface area contributed by atoms with Crippen molar-refractivity contribution < 1.29 is 124 Å². The largest absolute Gasteiger partial charge is 0.394 e. The van der Waals surface area contributed by atoms with Crippen molar-refractivity contribution in [3.8, 4) is 0 Å². The van der Waals surface area contributed by atoms with Gasteiger partial charge in [0.05, 0.1) is 32.5 Å². The number of aliphatic hydroxyl groups excluding tert-OH is 14. The van der Waals surface area contributed by atoms with Gasteiger partial charge in [0, 0.05) is 13.8 Å². The standard InChI is InChI=1S/C34H58N2O25/c1-8-17(43)22(48)24(50)32(53-8)61-29-23(49)18(44)11(4-37)56-34(29)58-26-14(7-40)57-31(15(21(26)47)35-9(2)41)60-28-20(46)13(6-39)55-33(25(28)51)59-27-16(36-10(3)42)30(52)54-12(5-38)19(27)45/h8,11-34,37-40,43-52H,4-7H2,1-3H3,(H,35,41)(H,36,42)/t8-,11+,12+,13+,14+,15+,16+,17+,18-,19-,20-,21+,22+,23-,24-,25+,26+,27+,28-,29+,30-,31-,32-,33-,34-/m0/s1. The van der Waals surface area contributed by atoms with Gasteiger partial charge in [-0.15, -0.1) is 0 Å². The molecule has 0 spiro atoms. The molecule has 2 amide bonds. The number of ether oxygens (including phenoxy) is 9. The third kappa shape index (κ3) is 10.8. The van der Waals surface area contributed by atoms with Gasteiger partial charge in [0.2, 0.25) is 11.8 Å². The van der Waals surface area contributed by atoms with E-state index in [1.807, 2.05) is 0 Å². The molecular formula is C34H58N2O25. The molecule has 27 nitrogen and oxygen atoms in total. The van der Waals surface area contributed by atoms with Gasteiger partial charge in [-0.25, -0.2) is 0 Å². The zero-order valence-electron chi connectivity index (χ0n) is 33.0. The highest BCUT2D eigenvalue weighted by Crippen LogP contribution is 2.36. The number of rotatable bonds is 14. The van der Waals surface area contributed by atoms with Gasteiger partial charge in [-0.1, -0.05) is 0 Å². The molecule has 0 unspecified atom stereocenters. The summed E-state index contributed by atoms with van der Waals surface area (Å²) in [6.07, 6.45) is -41.0. The van der Waals surface area contributed by atoms with Crippen molar-refractivity contribution in [2.45, 2.75) is 174 Å². The van der Waals surface area contributed by atoms with E-state index in [1.54, 1.807) is 0 Å². The minimum absolute atomic E-state index is 0.712. The van der Waals surface area contributed by atoms with Crippen LogP contribution in [0.1, 0.15) is 20.8 Å². The van der Waals surface area contributed by atoms with Crippen LogP contribution in [0.3, 0.4) is 0 Å². The summed E-state index contributed by atoms with van der Waals surface area (Å²) in [6.45, 7) is -0.231. The highest BCUT2D eigenvalue weighted by molar-refractivity contribution is 5.73. The molecule has 5 saturated heterocycles. The predicted octanol–water partition coefficient (Wildman–Crippen LogP) is -10.6. The fraction of sp³-hybridized carbons (Fsp3) is 0.941. The molecule has 0 aromatic carbocycles. The predicted molar refractivity (Wildman–Crippen MR) is 188 cm³/mol. The number of carbonyl (C=O) groups excluding carboxylic acids is 2. The molecule has 0 radical (unpaired) electrons. The molecule has 5 fully saturated rings. The van der Waals surface area contributed by atoms with E-state index in [1.165, 1.54) is 6.92 Å². The average Bonchev–Trinajstić information content (AvgIpc) is 3.22. The Morgan fingerprint density at radius 2 is 0.885 bits per heavy atom. The molecule has 5 aliphatic heterocycles. The van der Waals surface area contributed by atoms with Gasteiger partial charge in [-0.2, -0.15) is 0 Å². The molecule has 0 aliphatic carbocycles. The zero-order valence-corrected chi connectivity index (χ0v) is 33.0. The van der Waals surface area contributed by atoms with Crippen LogP contribution in [0.5, 0.6) is 0 Å². The molecule has 61 heavy (non-hydrogen) atoms. The maximum atomic E-state index is 12.5. The molecule has 354 valence electrons. The molecule has 16 N–H and O–H groups in total. The molecule has 0 bridgehead atoms. The lowest BCUT2D eigenvalue weighted by molar-refractivity contribution is -0.390. The Morgan fingerprint density at radius 3 is 1.48 bits per heavy atom. The number of carbonyl (C=O) groups is 2. The summed E-state index contributed by atoms with van der Waals surface area (Å²) < 4.78 is 51.1. The summed E-state index contributed by atoms with van der Waals surface area (Å²) in [5.41, 5.74) is 0. The van der Waals surface area contributed by atoms with Crippen molar-refractivity contribution in [3.63, 3.8) is 0 Å². The lowest BCUT2D eigenvalue weighted by Crippen LogP contribution is -2.70. The second-order valence-electron chi connectivity index (χ2n) is 15.4. The van der Waals surface area contributed by atoms with Gasteiger partial charge >= 0.3 is 0 Å². The Morgan fingerprint density at radius 1 is 0.426 bits per heavy atom. The first-order valence-electron chi connectivity index (χ1n) is 19.5. The molecule has 5 heterocycles. The quantitative estimate of drug-likeness (QED) is 0.0770. The van der Waals surface area contributed by atoms with Gasteiger partial charge in [0.1, 0.15) is 116 Å². The summed E-state index contributed by atoms with van der Waals surface area (Å²) >= 11 is 0. The van der Waals surface area contributed by atoms with E-state index in [2.05, 4.69) is 10.6 Å². The van der Waals surface area contributed by atoms with Crippen molar-refractivity contribution >= 4 is 11.8 Å². The van der Waals surface area contributed by atoms with Crippen LogP contribution in [0.2, 0.25) is 0 Å². The van der Waals surface area contributed by atoms with E-state index >= 15 is 0 Å². The van der Waals surface area contributed by atoms with Crippen molar-refractivity contribution in [1.82, 2.24) is 10.6 Å². The first-order valence-corrected chi connectivity index (χ1v) is 19.5. The van der Waals surface area contributed by atoms with E-state index in [-0.39, 0.29) is 0 Å². The van der Waals surface area contributed by atoms with Crippen LogP contribution in [0.15, 0.2) is 0 Å². The van der Waals surface area contributed by atoms with Gasteiger partial charge in [0.25, 0.3) is 0 Å². The molecule has 25 atom stereocenters. The fourth-order valence-corrected chi connectivity index (χ4v) is 7.76. The smallest absolute Gasteiger partial charge is 0.217 e. The van der Waals surface area contributed by atoms with Crippen LogP contribution >= 0.6 is 0 Å². The molecule has 5 rings (SSSR count). The van der Waals surface area contributed by atoms with Crippen LogP contribution in [0.25, 0.3) is 0 Å². The molecule has 5 aliphatic rings. The van der Waals surface area contributed by atoms with Crippen molar-refractivity contribution in [3.05, 3.63) is 0 Å². The highest BCUT2D eigenvalue weighted by atomic mass is 16.8. The van der Waals surface area contributed by atoms with Gasteiger partial charge in [-0.3, -0.25) is 9.59 Å². The van der Waals surface area contributed by atoms with E-state index < -0.39 is 192 Å². The Hall–Kier alpha value is -1.98. The van der Waals surface area contributed by atoms with Gasteiger partial charge in [0.15, 0.2) is 31.5 Å². The second-order valence-corrected chi connectivity index (χ2v) is 15.4. The van der Waals surface area contributed by atoms with Crippen molar-refractivity contribution in [2.75, 3.05) is 26.4 Å². The SMILES string of the molecule is CC(=O)N[C@@H]1[C@@H](O[C@@H]2O[C@H](CO)[C@H](O)[C@H](O[C@@H]3O[C@H](CO)[C@@H](O[C@@H]4O[C@H](CO)[C@H](O)[C@H](O)[C@H]4O[C@@H]4O[C@@H](C)[C@@H](O)[C@@H](O)[C@@H]4O)[C@H](O)[C@H]3NC(C)=O)[C@H]2O)[C@@H](O)[C@@H](CO)O[C@@H]1O. The first kappa shape index (κ1) is 50.0. The van der Waals surface area contributed by atoms with Crippen molar-refractivity contribution in [1.29, 1.82) is 0 Å². The summed E-state index contributed by atoms with van der Waals surface area (Å²) in [5, 5.41) is 154. The Bertz CT molecular complexity index is 1420. The van der Waals surface area contributed by atoms with E-state index in [0.717, 1.165) is 13.8 Å². The maximum Gasteiger partial charge on any atom is 0.217 e. The highest BCUT2D eigenvalue weighted by Gasteiger charge is 2.57. The summed E-state index contributed by atoms with van der Waals surface area (Å²) in [5.74, 6) is -1.53.